The minimum absolute atomic E-state index is 0. The van der Waals surface area contributed by atoms with Crippen molar-refractivity contribution in [3.8, 4) is 0 Å². The molecule has 0 aliphatic heterocycles. The maximum Gasteiger partial charge on any atom is 0.500 e. The van der Waals surface area contributed by atoms with Crippen LogP contribution in [-0.2, 0) is 13.3 Å². The average Bonchev–Trinajstić information content (AvgIpc) is 2.68. The molecule has 0 N–H and O–H groups in total. The van der Waals surface area contributed by atoms with Gasteiger partial charge < -0.3 is 13.3 Å². The number of hydrogen-bond donors (Lipinski definition) is 0. The molecule has 0 bridgehead atoms. The Bertz CT molecular complexity index is 287. The van der Waals surface area contributed by atoms with Gasteiger partial charge in [-0.3, -0.25) is 0 Å². The number of unbranched alkanes of at least 4 members (excludes halogenated alkanes) is 15. The second-order valence-electron chi connectivity index (χ2n) is 8.04. The van der Waals surface area contributed by atoms with Crippen molar-refractivity contribution >= 4 is 19.8 Å². The van der Waals surface area contributed by atoms with Crippen LogP contribution in [0.25, 0.3) is 0 Å². The molecule has 0 aliphatic rings. The van der Waals surface area contributed by atoms with Gasteiger partial charge in [0.1, 0.15) is 0 Å². The molecule has 0 saturated carbocycles. The topological polar surface area (TPSA) is 27.7 Å². The van der Waals surface area contributed by atoms with Crippen molar-refractivity contribution in [2.24, 2.45) is 0 Å². The maximum absolute atomic E-state index is 5.93. The molecule has 0 radical (unpaired) electrons. The van der Waals surface area contributed by atoms with Gasteiger partial charge in [-0.1, -0.05) is 103 Å². The Morgan fingerprint density at radius 1 is 0.414 bits per heavy atom. The summed E-state index contributed by atoms with van der Waals surface area (Å²) in [5, 5.41) is 0. The molecule has 0 fully saturated rings. The van der Waals surface area contributed by atoms with Crippen molar-refractivity contribution in [2.75, 3.05) is 19.8 Å². The van der Waals surface area contributed by atoms with Gasteiger partial charge in [-0.25, -0.2) is 0 Å². The Hall–Kier alpha value is 0.314. The van der Waals surface area contributed by atoms with Crippen LogP contribution in [0.5, 0.6) is 0 Å². The van der Waals surface area contributed by atoms with Gasteiger partial charge in [-0.05, 0) is 38.2 Å². The molecule has 0 aliphatic carbocycles. The van der Waals surface area contributed by atoms with Gasteiger partial charge in [0.25, 0.3) is 0 Å². The first-order valence-corrected chi connectivity index (χ1v) is 14.6. The first-order valence-electron chi connectivity index (χ1n) is 12.7. The summed E-state index contributed by atoms with van der Waals surface area (Å²) in [6, 6.07) is 0.973. The highest BCUT2D eigenvalue weighted by Crippen LogP contribution is 2.21. The summed E-state index contributed by atoms with van der Waals surface area (Å²) in [4.78, 5) is 0. The van der Waals surface area contributed by atoms with E-state index in [-0.39, 0.29) is 11.0 Å². The van der Waals surface area contributed by atoms with Crippen LogP contribution < -0.4 is 0 Å². The lowest BCUT2D eigenvalue weighted by atomic mass is 10.0. The summed E-state index contributed by atoms with van der Waals surface area (Å²) in [6.07, 6.45) is 22.4. The third kappa shape index (κ3) is 20.0. The monoisotopic (exact) mass is 448 g/mol. The Labute approximate surface area is 189 Å². The lowest BCUT2D eigenvalue weighted by molar-refractivity contribution is 0.0706. The van der Waals surface area contributed by atoms with Crippen LogP contribution in [0, 0.1) is 0 Å². The largest absolute Gasteiger partial charge is 0.500 e. The van der Waals surface area contributed by atoms with Crippen molar-refractivity contribution < 1.29 is 13.3 Å². The molecule has 0 amide bonds. The van der Waals surface area contributed by atoms with Gasteiger partial charge in [0, 0.05) is 25.9 Å². The molecule has 178 valence electrons. The Balaban J connectivity index is 0. The third-order valence-electron chi connectivity index (χ3n) is 5.43. The highest BCUT2D eigenvalue weighted by atomic mass is 28.4. The van der Waals surface area contributed by atoms with Crippen molar-refractivity contribution in [1.29, 1.82) is 0 Å². The van der Waals surface area contributed by atoms with E-state index in [4.69, 9.17) is 13.3 Å². The van der Waals surface area contributed by atoms with Crippen LogP contribution >= 0.6 is 0 Å². The molecule has 0 aromatic heterocycles. The summed E-state index contributed by atoms with van der Waals surface area (Å²) in [6.45, 7) is 10.5. The second-order valence-corrected chi connectivity index (χ2v) is 10.8. The normalized spacial score (nSPS) is 11.6. The fraction of sp³-hybridized carbons (Fsp3) is 1.00. The molecule has 0 unspecified atom stereocenters. The molecule has 0 aromatic rings. The van der Waals surface area contributed by atoms with Gasteiger partial charge in [-0.2, -0.15) is 0 Å². The van der Waals surface area contributed by atoms with E-state index in [1.54, 1.807) is 0 Å². The van der Waals surface area contributed by atoms with E-state index in [2.05, 4.69) is 6.92 Å². The van der Waals surface area contributed by atoms with Crippen LogP contribution in [0.4, 0.5) is 0 Å². The first-order chi connectivity index (χ1) is 13.7. The Kier molecular flexibility index (Phi) is 26.7. The van der Waals surface area contributed by atoms with Crippen molar-refractivity contribution in [3.05, 3.63) is 0 Å². The third-order valence-corrected chi connectivity index (χ3v) is 8.58. The zero-order valence-electron chi connectivity index (χ0n) is 19.9. The fourth-order valence-corrected chi connectivity index (χ4v) is 6.58. The Morgan fingerprint density at radius 3 is 0.966 bits per heavy atom. The van der Waals surface area contributed by atoms with E-state index in [0.29, 0.717) is 19.8 Å². The van der Waals surface area contributed by atoms with Crippen molar-refractivity contribution in [3.63, 3.8) is 0 Å². The SMILES string of the molecule is CCCCCCCCCCCCCCCCCC[Si](OCC)(OCC)OCC.[SiH4]. The van der Waals surface area contributed by atoms with Crippen LogP contribution in [-0.4, -0.2) is 39.6 Å². The minimum atomic E-state index is -2.40. The molecular weight excluding hydrogens is 392 g/mol. The van der Waals surface area contributed by atoms with Crippen LogP contribution in [0.3, 0.4) is 0 Å². The van der Waals surface area contributed by atoms with Crippen molar-refractivity contribution in [1.82, 2.24) is 0 Å². The quantitative estimate of drug-likeness (QED) is 0.126. The number of rotatable bonds is 23. The van der Waals surface area contributed by atoms with E-state index in [9.17, 15) is 0 Å². The van der Waals surface area contributed by atoms with E-state index >= 15 is 0 Å². The van der Waals surface area contributed by atoms with Gasteiger partial charge in [-0.15, -0.1) is 0 Å². The highest BCUT2D eigenvalue weighted by molar-refractivity contribution is 6.60. The van der Waals surface area contributed by atoms with E-state index in [1.165, 1.54) is 103 Å². The molecule has 29 heavy (non-hydrogen) atoms. The number of hydrogen-bond acceptors (Lipinski definition) is 3. The molecule has 5 heteroatoms. The molecule has 0 spiro atoms. The highest BCUT2D eigenvalue weighted by Gasteiger charge is 2.39. The summed E-state index contributed by atoms with van der Waals surface area (Å²) in [5.41, 5.74) is 0. The van der Waals surface area contributed by atoms with Crippen LogP contribution in [0.2, 0.25) is 6.04 Å². The summed E-state index contributed by atoms with van der Waals surface area (Å²) >= 11 is 0. The van der Waals surface area contributed by atoms with E-state index < -0.39 is 8.80 Å². The zero-order valence-corrected chi connectivity index (χ0v) is 20.9. The molecule has 0 atom stereocenters. The predicted molar refractivity (Wildman–Crippen MR) is 136 cm³/mol. The predicted octanol–water partition coefficient (Wildman–Crippen LogP) is 6.84. The van der Waals surface area contributed by atoms with Gasteiger partial charge >= 0.3 is 8.80 Å². The zero-order chi connectivity index (χ0) is 20.8. The minimum Gasteiger partial charge on any atom is -0.374 e. The average molecular weight is 449 g/mol. The molecular formula is C24H56O3Si2. The second kappa shape index (κ2) is 24.6. The van der Waals surface area contributed by atoms with Gasteiger partial charge in [0.15, 0.2) is 0 Å². The summed E-state index contributed by atoms with van der Waals surface area (Å²) < 4.78 is 17.8. The Morgan fingerprint density at radius 2 is 0.690 bits per heavy atom. The molecule has 0 aromatic carbocycles. The lowest BCUT2D eigenvalue weighted by Gasteiger charge is -2.28. The van der Waals surface area contributed by atoms with E-state index in [1.807, 2.05) is 20.8 Å². The molecule has 0 saturated heterocycles. The fourth-order valence-electron chi connectivity index (χ4n) is 3.89. The van der Waals surface area contributed by atoms with Crippen LogP contribution in [0.15, 0.2) is 0 Å². The smallest absolute Gasteiger partial charge is 0.374 e. The van der Waals surface area contributed by atoms with Gasteiger partial charge in [0.05, 0.1) is 0 Å². The lowest BCUT2D eigenvalue weighted by Crippen LogP contribution is -2.45. The maximum atomic E-state index is 5.93. The molecule has 0 heterocycles. The molecule has 0 rings (SSSR count). The first kappa shape index (κ1) is 31.5. The summed E-state index contributed by atoms with van der Waals surface area (Å²) in [7, 11) is -2.40. The molecule has 3 nitrogen and oxygen atoms in total. The van der Waals surface area contributed by atoms with Gasteiger partial charge in [0.2, 0.25) is 0 Å². The van der Waals surface area contributed by atoms with E-state index in [0.717, 1.165) is 6.04 Å². The standard InChI is InChI=1S/C24H52O3Si.H4Si/c1-5-9-10-11-12-13-14-15-16-17-18-19-20-21-22-23-24-28(25-6-2,26-7-3)27-8-4;/h5-24H2,1-4H3;1H4. The summed E-state index contributed by atoms with van der Waals surface area (Å²) in [5.74, 6) is 0. The van der Waals surface area contributed by atoms with Crippen LogP contribution in [0.1, 0.15) is 130 Å². The van der Waals surface area contributed by atoms with Crippen molar-refractivity contribution in [2.45, 2.75) is 136 Å².